The molecule has 4 N–H and O–H groups in total. The number of aliphatic hydroxyl groups is 4. The number of allylic oxidation sites excluding steroid dienone is 2. The Morgan fingerprint density at radius 2 is 0.930 bits per heavy atom. The third-order valence-corrected chi connectivity index (χ3v) is 11.2. The first-order valence-corrected chi connectivity index (χ1v) is 23.8. The average molecular weight is 813 g/mol. The van der Waals surface area contributed by atoms with Gasteiger partial charge in [0.05, 0.1) is 13.2 Å². The van der Waals surface area contributed by atoms with Gasteiger partial charge in [0.25, 0.3) is 0 Å². The molecule has 336 valence electrons. The summed E-state index contributed by atoms with van der Waals surface area (Å²) in [7, 11) is 0. The third kappa shape index (κ3) is 30.2. The van der Waals surface area contributed by atoms with Gasteiger partial charge in [0.2, 0.25) is 0 Å². The lowest BCUT2D eigenvalue weighted by Crippen LogP contribution is -2.59. The van der Waals surface area contributed by atoms with Crippen molar-refractivity contribution in [3.63, 3.8) is 0 Å². The fourth-order valence-corrected chi connectivity index (χ4v) is 7.36. The minimum absolute atomic E-state index is 0.214. The second-order valence-electron chi connectivity index (χ2n) is 16.6. The van der Waals surface area contributed by atoms with Crippen LogP contribution in [-0.4, -0.2) is 89.0 Å². The fourth-order valence-electron chi connectivity index (χ4n) is 7.36. The first kappa shape index (κ1) is 53.5. The first-order chi connectivity index (χ1) is 27.8. The molecule has 0 radical (unpaired) electrons. The maximum Gasteiger partial charge on any atom is 0.306 e. The summed E-state index contributed by atoms with van der Waals surface area (Å²) >= 11 is 0. The number of esters is 2. The first-order valence-electron chi connectivity index (χ1n) is 23.8. The Morgan fingerprint density at radius 1 is 0.526 bits per heavy atom. The number of ether oxygens (including phenoxy) is 4. The lowest BCUT2D eigenvalue weighted by Gasteiger charge is -2.39. The molecule has 1 aliphatic rings. The highest BCUT2D eigenvalue weighted by molar-refractivity contribution is 5.70. The van der Waals surface area contributed by atoms with Gasteiger partial charge in [-0.15, -0.1) is 0 Å². The number of aliphatic hydroxyl groups excluding tert-OH is 4. The predicted molar refractivity (Wildman–Crippen MR) is 229 cm³/mol. The molecule has 0 aromatic heterocycles. The third-order valence-electron chi connectivity index (χ3n) is 11.2. The SMILES string of the molecule is CCCCCCCCCC/C=C/CCCCCC(=O)O[C@@H](COC(=O)CCCCCCCCCCCCCCCCCCC)CO[C@H]1O[C@@H](CO)[C@@H](O)C(O)C1O. The number of carbonyl (C=O) groups excluding carboxylic acids is 2. The standard InChI is InChI=1S/C47H88O10/c1-3-5-7-9-11-13-15-17-19-20-22-23-25-27-29-31-33-35-42(49)54-38-40(39-55-47-46(53)45(52)44(51)41(37-48)57-47)56-43(50)36-34-32-30-28-26-24-21-18-16-14-12-10-8-6-4-2/h24,26,40-41,44-48,51-53H,3-23,25,27-39H2,1-2H3/b26-24+/t40-,41-,44+,45?,46?,47-/m0/s1. The van der Waals surface area contributed by atoms with Gasteiger partial charge in [0.1, 0.15) is 31.0 Å². The van der Waals surface area contributed by atoms with Crippen molar-refractivity contribution in [2.45, 2.75) is 256 Å². The van der Waals surface area contributed by atoms with Gasteiger partial charge in [-0.3, -0.25) is 9.59 Å². The van der Waals surface area contributed by atoms with Crippen LogP contribution < -0.4 is 0 Å². The van der Waals surface area contributed by atoms with Crippen LogP contribution in [0.1, 0.15) is 219 Å². The van der Waals surface area contributed by atoms with Crippen molar-refractivity contribution < 1.29 is 49.0 Å². The molecular formula is C47H88O10. The minimum Gasteiger partial charge on any atom is -0.462 e. The van der Waals surface area contributed by atoms with Crippen LogP contribution >= 0.6 is 0 Å². The molecule has 1 aliphatic heterocycles. The molecule has 0 spiro atoms. The molecule has 1 saturated heterocycles. The van der Waals surface area contributed by atoms with Crippen molar-refractivity contribution in [3.05, 3.63) is 12.2 Å². The number of unbranched alkanes of at least 4 members (excludes halogenated alkanes) is 27. The van der Waals surface area contributed by atoms with Gasteiger partial charge in [-0.2, -0.15) is 0 Å². The fraction of sp³-hybridized carbons (Fsp3) is 0.915. The van der Waals surface area contributed by atoms with Gasteiger partial charge in [-0.1, -0.05) is 180 Å². The predicted octanol–water partition coefficient (Wildman–Crippen LogP) is 10.3. The Hall–Kier alpha value is -1.56. The summed E-state index contributed by atoms with van der Waals surface area (Å²) in [6, 6.07) is 0. The van der Waals surface area contributed by atoms with Gasteiger partial charge in [-0.25, -0.2) is 0 Å². The molecule has 0 saturated carbocycles. The van der Waals surface area contributed by atoms with E-state index in [9.17, 15) is 30.0 Å². The van der Waals surface area contributed by atoms with Gasteiger partial charge in [-0.05, 0) is 38.5 Å². The van der Waals surface area contributed by atoms with Crippen LogP contribution in [-0.2, 0) is 28.5 Å². The van der Waals surface area contributed by atoms with Crippen LogP contribution in [0.25, 0.3) is 0 Å². The van der Waals surface area contributed by atoms with Gasteiger partial charge in [0, 0.05) is 12.8 Å². The van der Waals surface area contributed by atoms with Crippen molar-refractivity contribution in [2.24, 2.45) is 0 Å². The number of carbonyl (C=O) groups is 2. The number of hydrogen-bond donors (Lipinski definition) is 4. The van der Waals surface area contributed by atoms with Crippen molar-refractivity contribution >= 4 is 11.9 Å². The summed E-state index contributed by atoms with van der Waals surface area (Å²) in [4.78, 5) is 25.3. The number of hydrogen-bond acceptors (Lipinski definition) is 10. The van der Waals surface area contributed by atoms with Crippen molar-refractivity contribution in [2.75, 3.05) is 19.8 Å². The molecule has 1 fully saturated rings. The van der Waals surface area contributed by atoms with Crippen molar-refractivity contribution in [1.82, 2.24) is 0 Å². The molecule has 10 heteroatoms. The molecule has 1 heterocycles. The molecule has 0 aromatic carbocycles. The zero-order chi connectivity index (χ0) is 41.6. The summed E-state index contributed by atoms with van der Waals surface area (Å²) in [5, 5.41) is 40.1. The molecular weight excluding hydrogens is 725 g/mol. The maximum absolute atomic E-state index is 12.8. The van der Waals surface area contributed by atoms with Crippen molar-refractivity contribution in [3.8, 4) is 0 Å². The molecule has 10 nitrogen and oxygen atoms in total. The normalized spacial score (nSPS) is 20.3. The number of rotatable bonds is 40. The van der Waals surface area contributed by atoms with E-state index in [2.05, 4.69) is 26.0 Å². The van der Waals surface area contributed by atoms with E-state index in [1.807, 2.05) is 0 Å². The second-order valence-corrected chi connectivity index (χ2v) is 16.6. The summed E-state index contributed by atoms with van der Waals surface area (Å²) in [5.41, 5.74) is 0. The zero-order valence-corrected chi connectivity index (χ0v) is 36.6. The van der Waals surface area contributed by atoms with E-state index in [0.717, 1.165) is 44.9 Å². The molecule has 57 heavy (non-hydrogen) atoms. The van der Waals surface area contributed by atoms with E-state index in [4.69, 9.17) is 18.9 Å². The molecule has 0 aliphatic carbocycles. The molecule has 0 bridgehead atoms. The quantitative estimate of drug-likeness (QED) is 0.0267. The van der Waals surface area contributed by atoms with E-state index in [-0.39, 0.29) is 32.0 Å². The van der Waals surface area contributed by atoms with Crippen LogP contribution in [0.5, 0.6) is 0 Å². The summed E-state index contributed by atoms with van der Waals surface area (Å²) in [5.74, 6) is -0.813. The van der Waals surface area contributed by atoms with E-state index < -0.39 is 49.4 Å². The van der Waals surface area contributed by atoms with Gasteiger partial charge < -0.3 is 39.4 Å². The maximum atomic E-state index is 12.8. The molecule has 0 amide bonds. The zero-order valence-electron chi connectivity index (χ0n) is 36.6. The lowest BCUT2D eigenvalue weighted by molar-refractivity contribution is -0.305. The van der Waals surface area contributed by atoms with Crippen LogP contribution in [0.15, 0.2) is 12.2 Å². The van der Waals surface area contributed by atoms with Crippen LogP contribution in [0.2, 0.25) is 0 Å². The minimum atomic E-state index is -1.59. The Bertz CT molecular complexity index is 943. The Labute approximate surface area is 348 Å². The Morgan fingerprint density at radius 3 is 1.39 bits per heavy atom. The molecule has 1 rings (SSSR count). The van der Waals surface area contributed by atoms with E-state index >= 15 is 0 Å². The van der Waals surface area contributed by atoms with Crippen LogP contribution in [0, 0.1) is 0 Å². The topological polar surface area (TPSA) is 152 Å². The second kappa shape index (κ2) is 38.6. The van der Waals surface area contributed by atoms with Crippen molar-refractivity contribution in [1.29, 1.82) is 0 Å². The van der Waals surface area contributed by atoms with E-state index in [1.165, 1.54) is 141 Å². The Balaban J connectivity index is 2.30. The monoisotopic (exact) mass is 813 g/mol. The summed E-state index contributed by atoms with van der Waals surface area (Å²) in [6.07, 6.45) is 33.6. The summed E-state index contributed by atoms with van der Waals surface area (Å²) < 4.78 is 22.2. The average Bonchev–Trinajstić information content (AvgIpc) is 3.21. The lowest BCUT2D eigenvalue weighted by atomic mass is 9.99. The van der Waals surface area contributed by atoms with Gasteiger partial charge in [0.15, 0.2) is 12.4 Å². The molecule has 2 unspecified atom stereocenters. The van der Waals surface area contributed by atoms with E-state index in [0.29, 0.717) is 6.42 Å². The van der Waals surface area contributed by atoms with Gasteiger partial charge >= 0.3 is 11.9 Å². The van der Waals surface area contributed by atoms with Crippen LogP contribution in [0.4, 0.5) is 0 Å². The largest absolute Gasteiger partial charge is 0.462 e. The smallest absolute Gasteiger partial charge is 0.306 e. The molecule has 0 aromatic rings. The Kier molecular flexibility index (Phi) is 36.2. The summed E-state index contributed by atoms with van der Waals surface area (Å²) in [6.45, 7) is 3.43. The highest BCUT2D eigenvalue weighted by Crippen LogP contribution is 2.23. The van der Waals surface area contributed by atoms with Crippen LogP contribution in [0.3, 0.4) is 0 Å². The van der Waals surface area contributed by atoms with E-state index in [1.54, 1.807) is 0 Å². The highest BCUT2D eigenvalue weighted by atomic mass is 16.7. The molecule has 6 atom stereocenters. The highest BCUT2D eigenvalue weighted by Gasteiger charge is 2.44.